The van der Waals surface area contributed by atoms with Gasteiger partial charge in [-0.15, -0.1) is 0 Å². The third kappa shape index (κ3) is 3.65. The quantitative estimate of drug-likeness (QED) is 0.197. The molecule has 1 heterocycles. The van der Waals surface area contributed by atoms with Crippen LogP contribution in [-0.4, -0.2) is 0 Å². The van der Waals surface area contributed by atoms with Crippen LogP contribution in [0.25, 0.3) is 87.6 Å². The van der Waals surface area contributed by atoms with Gasteiger partial charge in [-0.2, -0.15) is 0 Å². The number of furan rings is 1. The molecule has 0 saturated carbocycles. The summed E-state index contributed by atoms with van der Waals surface area (Å²) in [6.07, 6.45) is 0. The van der Waals surface area contributed by atoms with Crippen LogP contribution in [0.5, 0.6) is 0 Å². The summed E-state index contributed by atoms with van der Waals surface area (Å²) in [6.45, 7) is 0. The topological polar surface area (TPSA) is 13.1 Å². The zero-order valence-electron chi connectivity index (χ0n) is 33.6. The normalized spacial score (nSPS) is 15.3. The summed E-state index contributed by atoms with van der Waals surface area (Å²) in [6, 6.07) is 23.6. The smallest absolute Gasteiger partial charge is 0.143 e. The molecule has 0 saturated heterocycles. The van der Waals surface area contributed by atoms with Crippen molar-refractivity contribution in [2.24, 2.45) is 0 Å². The third-order valence-corrected chi connectivity index (χ3v) is 8.05. The molecule has 200 valence electrons. The van der Waals surface area contributed by atoms with Crippen molar-refractivity contribution in [1.29, 1.82) is 0 Å². The van der Waals surface area contributed by atoms with Crippen molar-refractivity contribution in [2.75, 3.05) is 0 Å². The molecule has 0 fully saturated rings. The summed E-state index contributed by atoms with van der Waals surface area (Å²) < 4.78 is 104. The summed E-state index contributed by atoms with van der Waals surface area (Å²) in [5.41, 5.74) is 1.65. The highest BCUT2D eigenvalue weighted by Gasteiger charge is 2.20. The Bertz CT molecular complexity index is 3040. The Morgan fingerprint density at radius 1 is 0.395 bits per heavy atom. The largest absolute Gasteiger partial charge is 0.455 e. The number of fused-ring (bicyclic) bond motifs is 6. The zero-order valence-corrected chi connectivity index (χ0v) is 22.6. The first-order valence-corrected chi connectivity index (χ1v) is 13.9. The second-order valence-electron chi connectivity index (χ2n) is 10.4. The van der Waals surface area contributed by atoms with Crippen LogP contribution in [0.15, 0.2) is 162 Å². The van der Waals surface area contributed by atoms with Gasteiger partial charge in [0.15, 0.2) is 0 Å². The molecule has 0 N–H and O–H groups in total. The van der Waals surface area contributed by atoms with Gasteiger partial charge < -0.3 is 4.42 Å². The van der Waals surface area contributed by atoms with E-state index in [4.69, 9.17) is 12.6 Å². The lowest BCUT2D eigenvalue weighted by Crippen LogP contribution is -1.91. The Morgan fingerprint density at radius 3 is 1.72 bits per heavy atom. The maximum Gasteiger partial charge on any atom is 0.143 e. The lowest BCUT2D eigenvalue weighted by molar-refractivity contribution is 0.670. The summed E-state index contributed by atoms with van der Waals surface area (Å²) in [5, 5.41) is 3.81. The van der Waals surface area contributed by atoms with Crippen molar-refractivity contribution in [2.45, 2.75) is 0 Å². The Balaban J connectivity index is 1.43. The molecule has 43 heavy (non-hydrogen) atoms. The molecule has 0 spiro atoms. The van der Waals surface area contributed by atoms with E-state index < -0.39 is 36.3 Å². The van der Waals surface area contributed by atoms with Crippen LogP contribution < -0.4 is 0 Å². The molecule has 9 aromatic rings. The maximum atomic E-state index is 9.42. The zero-order chi connectivity index (χ0) is 37.9. The second-order valence-corrected chi connectivity index (χ2v) is 10.4. The van der Waals surface area contributed by atoms with Gasteiger partial charge in [-0.25, -0.2) is 0 Å². The SMILES string of the molecule is [2H]c1c([2H])c(-c2c3ccccc3c(-c3c([2H])c([2H])c([2H])c4c3oc3c([2H])c([2H])c([2H])c([2H])c34)c3ccccc23)c([2H])c([2H])c1-c1cccc2ccccc12. The van der Waals surface area contributed by atoms with Gasteiger partial charge in [0.1, 0.15) is 11.2 Å². The molecule has 0 aliphatic heterocycles. The van der Waals surface area contributed by atoms with Crippen LogP contribution in [0, 0.1) is 0 Å². The van der Waals surface area contributed by atoms with E-state index >= 15 is 0 Å². The fourth-order valence-electron chi connectivity index (χ4n) is 6.19. The van der Waals surface area contributed by atoms with E-state index in [9.17, 15) is 6.85 Å². The Morgan fingerprint density at radius 2 is 0.977 bits per heavy atom. The van der Waals surface area contributed by atoms with Crippen molar-refractivity contribution in [3.05, 3.63) is 157 Å². The standard InChI is InChI=1S/C42H26O/c1-2-13-30-27(11-1)12-9-19-31(30)28-23-25-29(26-24-28)40-33-15-3-5-17-35(33)41(36-18-6-4-16-34(36)40)38-21-10-20-37-32-14-7-8-22-39(32)43-42(37)38/h1-26H/i7D,8D,10D,14D,20D,21D,22D,23D,24D,25D,26D. The highest BCUT2D eigenvalue weighted by molar-refractivity contribution is 6.24. The van der Waals surface area contributed by atoms with Gasteiger partial charge in [0.25, 0.3) is 0 Å². The van der Waals surface area contributed by atoms with E-state index in [0.717, 1.165) is 10.8 Å². The number of para-hydroxylation sites is 2. The van der Waals surface area contributed by atoms with Crippen LogP contribution in [0.3, 0.4) is 0 Å². The fourth-order valence-corrected chi connectivity index (χ4v) is 6.19. The van der Waals surface area contributed by atoms with Gasteiger partial charge in [-0.1, -0.05) is 151 Å². The fraction of sp³-hybridized carbons (Fsp3) is 0. The lowest BCUT2D eigenvalue weighted by atomic mass is 9.85. The minimum Gasteiger partial charge on any atom is -0.455 e. The Hall–Kier alpha value is -5.66. The van der Waals surface area contributed by atoms with E-state index in [1.807, 2.05) is 36.4 Å². The van der Waals surface area contributed by atoms with E-state index in [1.165, 1.54) is 0 Å². The highest BCUT2D eigenvalue weighted by atomic mass is 16.3. The molecule has 0 aliphatic rings. The van der Waals surface area contributed by atoms with Gasteiger partial charge in [0.05, 0.1) is 15.1 Å². The summed E-state index contributed by atoms with van der Waals surface area (Å²) in [7, 11) is 0. The van der Waals surface area contributed by atoms with Gasteiger partial charge in [0.2, 0.25) is 0 Å². The first-order valence-electron chi connectivity index (χ1n) is 19.4. The molecule has 0 unspecified atom stereocenters. The molecule has 1 aromatic heterocycles. The molecule has 9 rings (SSSR count). The van der Waals surface area contributed by atoms with Crippen molar-refractivity contribution in [3.8, 4) is 33.4 Å². The number of hydrogen-bond donors (Lipinski definition) is 0. The van der Waals surface area contributed by atoms with Crippen LogP contribution >= 0.6 is 0 Å². The monoisotopic (exact) mass is 557 g/mol. The van der Waals surface area contributed by atoms with Gasteiger partial charge >= 0.3 is 0 Å². The van der Waals surface area contributed by atoms with E-state index in [-0.39, 0.29) is 68.8 Å². The molecule has 1 heteroatoms. The first-order chi connectivity index (χ1) is 25.9. The highest BCUT2D eigenvalue weighted by Crippen LogP contribution is 2.46. The predicted octanol–water partition coefficient (Wildman–Crippen LogP) is 12.0. The maximum absolute atomic E-state index is 9.42. The molecular formula is C42H26O. The minimum absolute atomic E-state index is 0.00570. The third-order valence-electron chi connectivity index (χ3n) is 8.05. The second kappa shape index (κ2) is 9.44. The van der Waals surface area contributed by atoms with Crippen molar-refractivity contribution < 1.29 is 19.5 Å². The van der Waals surface area contributed by atoms with Crippen molar-refractivity contribution in [1.82, 2.24) is 0 Å². The average molecular weight is 558 g/mol. The minimum atomic E-state index is -0.511. The van der Waals surface area contributed by atoms with E-state index in [2.05, 4.69) is 0 Å². The molecule has 0 bridgehead atoms. The molecule has 0 amide bonds. The summed E-state index contributed by atoms with van der Waals surface area (Å²) >= 11 is 0. The first kappa shape index (κ1) is 15.5. The van der Waals surface area contributed by atoms with Crippen LogP contribution in [0.2, 0.25) is 0 Å². The van der Waals surface area contributed by atoms with Crippen LogP contribution in [0.1, 0.15) is 15.1 Å². The summed E-state index contributed by atoms with van der Waals surface area (Å²) in [4.78, 5) is 0. The molecule has 0 aliphatic carbocycles. The Labute approximate surface area is 264 Å². The average Bonchev–Trinajstić information content (AvgIpc) is 3.59. The van der Waals surface area contributed by atoms with Crippen LogP contribution in [-0.2, 0) is 0 Å². The lowest BCUT2D eigenvalue weighted by Gasteiger charge is -2.18. The molecule has 0 radical (unpaired) electrons. The Kier molecular flexibility index (Phi) is 3.41. The van der Waals surface area contributed by atoms with Crippen molar-refractivity contribution >= 4 is 54.3 Å². The molecule has 8 aromatic carbocycles. The van der Waals surface area contributed by atoms with Gasteiger partial charge in [-0.3, -0.25) is 0 Å². The van der Waals surface area contributed by atoms with Gasteiger partial charge in [-0.05, 0) is 60.6 Å². The van der Waals surface area contributed by atoms with Crippen LogP contribution in [0.4, 0.5) is 0 Å². The predicted molar refractivity (Wildman–Crippen MR) is 183 cm³/mol. The van der Waals surface area contributed by atoms with E-state index in [0.29, 0.717) is 38.2 Å². The molecular weight excluding hydrogens is 520 g/mol. The summed E-state index contributed by atoms with van der Waals surface area (Å²) in [5.74, 6) is 0. The number of benzene rings is 8. The number of rotatable bonds is 3. The number of hydrogen-bond acceptors (Lipinski definition) is 1. The molecule has 0 atom stereocenters. The van der Waals surface area contributed by atoms with E-state index in [1.54, 1.807) is 54.6 Å². The van der Waals surface area contributed by atoms with Crippen molar-refractivity contribution in [3.63, 3.8) is 0 Å². The van der Waals surface area contributed by atoms with Gasteiger partial charge in [0, 0.05) is 21.9 Å². The molecule has 1 nitrogen and oxygen atoms in total.